The summed E-state index contributed by atoms with van der Waals surface area (Å²) in [6, 6.07) is 0. The highest BCUT2D eigenvalue weighted by Crippen LogP contribution is 2.30. The Kier molecular flexibility index (Phi) is 2.05. The van der Waals surface area contributed by atoms with Crippen molar-refractivity contribution in [3.8, 4) is 0 Å². The van der Waals surface area contributed by atoms with Gasteiger partial charge in [-0.2, -0.15) is 4.31 Å². The molecule has 0 saturated carbocycles. The van der Waals surface area contributed by atoms with Gasteiger partial charge in [0.1, 0.15) is 0 Å². The summed E-state index contributed by atoms with van der Waals surface area (Å²) in [5.74, 6) is 0. The molecule has 5 heteroatoms. The van der Waals surface area contributed by atoms with Crippen LogP contribution < -0.4 is 0 Å². The molecule has 2 aliphatic rings. The van der Waals surface area contributed by atoms with Crippen molar-refractivity contribution < 1.29 is 8.42 Å². The SMILES string of the molecule is O=S1(=O)C2CC=C(Br)CN1CC2. The minimum absolute atomic E-state index is 0.160. The molecule has 0 aromatic rings. The van der Waals surface area contributed by atoms with Gasteiger partial charge in [0.05, 0.1) is 5.25 Å². The van der Waals surface area contributed by atoms with Crippen molar-refractivity contribution in [2.75, 3.05) is 13.1 Å². The van der Waals surface area contributed by atoms with Gasteiger partial charge in [0.25, 0.3) is 0 Å². The van der Waals surface area contributed by atoms with E-state index >= 15 is 0 Å². The summed E-state index contributed by atoms with van der Waals surface area (Å²) in [6.07, 6.45) is 3.43. The third-order valence-corrected chi connectivity index (χ3v) is 5.29. The minimum Gasteiger partial charge on any atom is -0.212 e. The first-order valence-corrected chi connectivity index (χ1v) is 6.24. The Morgan fingerprint density at radius 1 is 1.58 bits per heavy atom. The third kappa shape index (κ3) is 1.24. The van der Waals surface area contributed by atoms with E-state index in [1.807, 2.05) is 6.08 Å². The van der Waals surface area contributed by atoms with Gasteiger partial charge in [0, 0.05) is 17.6 Å². The maximum atomic E-state index is 11.6. The molecular formula is C7H10BrNO2S. The van der Waals surface area contributed by atoms with Gasteiger partial charge in [-0.25, -0.2) is 8.42 Å². The van der Waals surface area contributed by atoms with Gasteiger partial charge in [-0.15, -0.1) is 0 Å². The predicted octanol–water partition coefficient (Wildman–Crippen LogP) is 1.07. The highest BCUT2D eigenvalue weighted by atomic mass is 79.9. The average Bonchev–Trinajstić information content (AvgIpc) is 2.15. The number of allylic oxidation sites excluding steroid dienone is 1. The minimum atomic E-state index is -2.95. The van der Waals surface area contributed by atoms with Crippen molar-refractivity contribution in [1.82, 2.24) is 4.31 Å². The van der Waals surface area contributed by atoms with E-state index in [2.05, 4.69) is 15.9 Å². The summed E-state index contributed by atoms with van der Waals surface area (Å²) in [4.78, 5) is 0. The van der Waals surface area contributed by atoms with Gasteiger partial charge >= 0.3 is 0 Å². The number of hydrogen-bond donors (Lipinski definition) is 0. The zero-order chi connectivity index (χ0) is 8.77. The van der Waals surface area contributed by atoms with E-state index in [1.165, 1.54) is 0 Å². The molecule has 2 aliphatic heterocycles. The largest absolute Gasteiger partial charge is 0.217 e. The van der Waals surface area contributed by atoms with Gasteiger partial charge in [-0.3, -0.25) is 0 Å². The molecule has 3 nitrogen and oxygen atoms in total. The lowest BCUT2D eigenvalue weighted by Crippen LogP contribution is -2.28. The molecule has 1 fully saturated rings. The Bertz CT molecular complexity index is 322. The Morgan fingerprint density at radius 3 is 3.08 bits per heavy atom. The fourth-order valence-electron chi connectivity index (χ4n) is 1.68. The average molecular weight is 252 g/mol. The van der Waals surface area contributed by atoms with Crippen molar-refractivity contribution in [3.63, 3.8) is 0 Å². The second-order valence-electron chi connectivity index (χ2n) is 3.18. The van der Waals surface area contributed by atoms with Crippen LogP contribution in [0, 0.1) is 0 Å². The van der Waals surface area contributed by atoms with Crippen LogP contribution in [-0.2, 0) is 10.0 Å². The van der Waals surface area contributed by atoms with Crippen LogP contribution in [-0.4, -0.2) is 31.1 Å². The lowest BCUT2D eigenvalue weighted by atomic mass is 10.2. The van der Waals surface area contributed by atoms with Crippen LogP contribution in [0.3, 0.4) is 0 Å². The highest BCUT2D eigenvalue weighted by Gasteiger charge is 2.39. The Balaban J connectivity index is 2.39. The van der Waals surface area contributed by atoms with Gasteiger partial charge in [0.2, 0.25) is 10.0 Å². The predicted molar refractivity (Wildman–Crippen MR) is 50.5 cm³/mol. The van der Waals surface area contributed by atoms with E-state index in [-0.39, 0.29) is 5.25 Å². The number of sulfonamides is 1. The normalized spacial score (nSPS) is 38.9. The lowest BCUT2D eigenvalue weighted by molar-refractivity contribution is 0.476. The maximum absolute atomic E-state index is 11.6. The topological polar surface area (TPSA) is 37.4 Å². The van der Waals surface area contributed by atoms with Crippen molar-refractivity contribution in [3.05, 3.63) is 10.6 Å². The van der Waals surface area contributed by atoms with E-state index in [4.69, 9.17) is 0 Å². The first kappa shape index (κ1) is 8.72. The van der Waals surface area contributed by atoms with Crippen LogP contribution >= 0.6 is 15.9 Å². The van der Waals surface area contributed by atoms with Crippen LogP contribution in [0.1, 0.15) is 12.8 Å². The van der Waals surface area contributed by atoms with Crippen LogP contribution in [0.15, 0.2) is 10.6 Å². The van der Waals surface area contributed by atoms with Gasteiger partial charge in [-0.1, -0.05) is 22.0 Å². The summed E-state index contributed by atoms with van der Waals surface area (Å²) in [6.45, 7) is 1.22. The molecule has 2 bridgehead atoms. The van der Waals surface area contributed by atoms with Gasteiger partial charge in [-0.05, 0) is 12.8 Å². The smallest absolute Gasteiger partial charge is 0.212 e. The lowest BCUT2D eigenvalue weighted by Gasteiger charge is -2.12. The standard InChI is InChI=1S/C7H10BrNO2S/c8-6-1-2-7-3-4-9(5-6)12(7,10)11/h1,7H,2-5H2. The van der Waals surface area contributed by atoms with Gasteiger partial charge in [0.15, 0.2) is 0 Å². The van der Waals surface area contributed by atoms with E-state index in [9.17, 15) is 8.42 Å². The molecule has 0 N–H and O–H groups in total. The summed E-state index contributed by atoms with van der Waals surface area (Å²) < 4.78 is 25.8. The second-order valence-corrected chi connectivity index (χ2v) is 6.41. The monoisotopic (exact) mass is 251 g/mol. The molecule has 1 saturated heterocycles. The van der Waals surface area contributed by atoms with Crippen molar-refractivity contribution in [2.24, 2.45) is 0 Å². The molecule has 12 heavy (non-hydrogen) atoms. The zero-order valence-electron chi connectivity index (χ0n) is 6.53. The summed E-state index contributed by atoms with van der Waals surface area (Å²) in [5.41, 5.74) is 0. The Labute approximate surface area is 80.6 Å². The Morgan fingerprint density at radius 2 is 2.33 bits per heavy atom. The first-order valence-electron chi connectivity index (χ1n) is 3.94. The number of hydrogen-bond acceptors (Lipinski definition) is 2. The van der Waals surface area contributed by atoms with Crippen molar-refractivity contribution in [1.29, 1.82) is 0 Å². The quantitative estimate of drug-likeness (QED) is 0.646. The highest BCUT2D eigenvalue weighted by molar-refractivity contribution is 9.11. The molecule has 0 aliphatic carbocycles. The number of nitrogens with zero attached hydrogens (tertiary/aromatic N) is 1. The molecule has 2 atom stereocenters. The van der Waals surface area contributed by atoms with Crippen molar-refractivity contribution >= 4 is 26.0 Å². The molecule has 0 aromatic carbocycles. The van der Waals surface area contributed by atoms with E-state index < -0.39 is 10.0 Å². The zero-order valence-corrected chi connectivity index (χ0v) is 8.94. The van der Waals surface area contributed by atoms with Crippen molar-refractivity contribution in [2.45, 2.75) is 18.1 Å². The van der Waals surface area contributed by atoms with E-state index in [0.717, 1.165) is 10.9 Å². The molecule has 68 valence electrons. The molecule has 2 rings (SSSR count). The second kappa shape index (κ2) is 2.82. The first-order chi connectivity index (χ1) is 5.60. The van der Waals surface area contributed by atoms with Crippen LogP contribution in [0.4, 0.5) is 0 Å². The molecular weight excluding hydrogens is 242 g/mol. The molecule has 0 aromatic heterocycles. The summed E-state index contributed by atoms with van der Waals surface area (Å²) in [5, 5.41) is -0.160. The van der Waals surface area contributed by atoms with Gasteiger partial charge < -0.3 is 0 Å². The fourth-order valence-corrected chi connectivity index (χ4v) is 4.17. The number of rotatable bonds is 0. The fraction of sp³-hybridized carbons (Fsp3) is 0.714. The van der Waals surface area contributed by atoms with Crippen LogP contribution in [0.25, 0.3) is 0 Å². The summed E-state index contributed by atoms with van der Waals surface area (Å²) in [7, 11) is -2.95. The third-order valence-electron chi connectivity index (χ3n) is 2.41. The van der Waals surface area contributed by atoms with Crippen LogP contribution in [0.5, 0.6) is 0 Å². The van der Waals surface area contributed by atoms with Crippen LogP contribution in [0.2, 0.25) is 0 Å². The molecule has 0 amide bonds. The molecule has 0 radical (unpaired) electrons. The molecule has 2 unspecified atom stereocenters. The number of fused-ring (bicyclic) bond motifs is 2. The summed E-state index contributed by atoms with van der Waals surface area (Å²) >= 11 is 3.35. The Hall–Kier alpha value is 0.130. The maximum Gasteiger partial charge on any atom is 0.217 e. The van der Waals surface area contributed by atoms with E-state index in [0.29, 0.717) is 19.5 Å². The molecule has 0 spiro atoms. The number of halogens is 1. The van der Waals surface area contributed by atoms with E-state index in [1.54, 1.807) is 4.31 Å². The molecule has 2 heterocycles.